The van der Waals surface area contributed by atoms with Gasteiger partial charge < -0.3 is 19.5 Å². The van der Waals surface area contributed by atoms with Crippen LogP contribution in [0.3, 0.4) is 0 Å². The minimum absolute atomic E-state index is 0.343. The number of rotatable bonds is 8. The summed E-state index contributed by atoms with van der Waals surface area (Å²) in [6.45, 7) is 6.06. The van der Waals surface area contributed by atoms with Crippen LogP contribution in [0.5, 0.6) is 11.5 Å². The van der Waals surface area contributed by atoms with E-state index in [0.29, 0.717) is 35.2 Å². The van der Waals surface area contributed by atoms with Gasteiger partial charge in [-0.2, -0.15) is 0 Å². The first kappa shape index (κ1) is 19.8. The van der Waals surface area contributed by atoms with Gasteiger partial charge in [-0.1, -0.05) is 11.6 Å². The van der Waals surface area contributed by atoms with E-state index < -0.39 is 12.1 Å². The molecule has 1 atom stereocenters. The molecule has 0 saturated carbocycles. The smallest absolute Gasteiger partial charge is 0.331 e. The first-order chi connectivity index (χ1) is 11.4. The van der Waals surface area contributed by atoms with Crippen molar-refractivity contribution in [2.45, 2.75) is 26.9 Å². The van der Waals surface area contributed by atoms with Crippen LogP contribution in [0.4, 0.5) is 0 Å². The summed E-state index contributed by atoms with van der Waals surface area (Å²) in [5.74, 6) is -0.0536. The fourth-order valence-corrected chi connectivity index (χ4v) is 2.14. The molecule has 0 bridgehead atoms. The molecule has 0 saturated heterocycles. The third kappa shape index (κ3) is 5.77. The number of methoxy groups -OCH3 is 1. The predicted molar refractivity (Wildman–Crippen MR) is 92.4 cm³/mol. The van der Waals surface area contributed by atoms with Gasteiger partial charge in [0.15, 0.2) is 17.6 Å². The van der Waals surface area contributed by atoms with E-state index in [-0.39, 0.29) is 5.91 Å². The van der Waals surface area contributed by atoms with E-state index in [9.17, 15) is 9.59 Å². The van der Waals surface area contributed by atoms with Gasteiger partial charge in [-0.05, 0) is 44.5 Å². The Bertz CT molecular complexity index is 615. The molecule has 1 aromatic rings. The van der Waals surface area contributed by atoms with Crippen LogP contribution >= 0.6 is 11.6 Å². The first-order valence-corrected chi connectivity index (χ1v) is 7.97. The van der Waals surface area contributed by atoms with E-state index in [1.807, 2.05) is 6.92 Å². The molecule has 7 heteroatoms. The summed E-state index contributed by atoms with van der Waals surface area (Å²) in [7, 11) is 1.50. The van der Waals surface area contributed by atoms with E-state index in [2.05, 4.69) is 5.32 Å². The van der Waals surface area contributed by atoms with Crippen molar-refractivity contribution in [1.82, 2.24) is 5.32 Å². The number of carbonyl (C=O) groups is 2. The van der Waals surface area contributed by atoms with Gasteiger partial charge in [0.05, 0.1) is 18.7 Å². The zero-order valence-corrected chi connectivity index (χ0v) is 15.0. The molecule has 0 unspecified atom stereocenters. The highest BCUT2D eigenvalue weighted by Crippen LogP contribution is 2.36. The summed E-state index contributed by atoms with van der Waals surface area (Å²) in [5, 5.41) is 2.95. The molecular formula is C17H22ClNO5. The van der Waals surface area contributed by atoms with E-state index >= 15 is 0 Å². The maximum Gasteiger partial charge on any atom is 0.331 e. The Balaban J connectivity index is 2.81. The Kier molecular flexibility index (Phi) is 8.12. The van der Waals surface area contributed by atoms with Crippen LogP contribution in [0.15, 0.2) is 18.2 Å². The van der Waals surface area contributed by atoms with Gasteiger partial charge in [0.2, 0.25) is 0 Å². The van der Waals surface area contributed by atoms with Crippen molar-refractivity contribution < 1.29 is 23.8 Å². The van der Waals surface area contributed by atoms with Crippen LogP contribution in [0.25, 0.3) is 6.08 Å². The molecule has 0 spiro atoms. The maximum absolute atomic E-state index is 11.8. The van der Waals surface area contributed by atoms with Crippen molar-refractivity contribution in [3.8, 4) is 11.5 Å². The molecular weight excluding hydrogens is 334 g/mol. The highest BCUT2D eigenvalue weighted by Gasteiger charge is 2.15. The second-order valence-electron chi connectivity index (χ2n) is 4.77. The number of carbonyl (C=O) groups excluding carboxylic acids is 2. The fourth-order valence-electron chi connectivity index (χ4n) is 1.87. The normalized spacial score (nSPS) is 11.9. The quantitative estimate of drug-likeness (QED) is 0.573. The Labute approximate surface area is 146 Å². The number of nitrogens with one attached hydrogen (secondary N) is 1. The predicted octanol–water partition coefficient (Wildman–Crippen LogP) is 2.83. The Morgan fingerprint density at radius 1 is 1.33 bits per heavy atom. The Morgan fingerprint density at radius 3 is 2.62 bits per heavy atom. The molecule has 1 aromatic carbocycles. The van der Waals surface area contributed by atoms with Crippen LogP contribution in [-0.2, 0) is 14.3 Å². The van der Waals surface area contributed by atoms with Crippen molar-refractivity contribution in [3.05, 3.63) is 28.8 Å². The number of halogens is 1. The largest absolute Gasteiger partial charge is 0.493 e. The molecule has 6 nitrogen and oxygen atoms in total. The molecule has 0 aromatic heterocycles. The summed E-state index contributed by atoms with van der Waals surface area (Å²) in [6.07, 6.45) is 1.89. The topological polar surface area (TPSA) is 73.9 Å². The molecule has 132 valence electrons. The average molecular weight is 356 g/mol. The van der Waals surface area contributed by atoms with Crippen LogP contribution in [0.2, 0.25) is 5.02 Å². The van der Waals surface area contributed by atoms with Gasteiger partial charge >= 0.3 is 5.97 Å². The van der Waals surface area contributed by atoms with Gasteiger partial charge in [-0.3, -0.25) is 4.79 Å². The lowest BCUT2D eigenvalue weighted by Crippen LogP contribution is -2.35. The highest BCUT2D eigenvalue weighted by atomic mass is 35.5. The van der Waals surface area contributed by atoms with E-state index in [1.165, 1.54) is 26.2 Å². The van der Waals surface area contributed by atoms with Crippen molar-refractivity contribution in [2.24, 2.45) is 0 Å². The van der Waals surface area contributed by atoms with Crippen LogP contribution in [-0.4, -0.2) is 38.2 Å². The summed E-state index contributed by atoms with van der Waals surface area (Å²) in [6, 6.07) is 3.33. The maximum atomic E-state index is 11.8. The first-order valence-electron chi connectivity index (χ1n) is 7.59. The molecule has 1 rings (SSSR count). The van der Waals surface area contributed by atoms with E-state index in [0.717, 1.165) is 0 Å². The Morgan fingerprint density at radius 2 is 2.04 bits per heavy atom. The van der Waals surface area contributed by atoms with Crippen molar-refractivity contribution >= 4 is 29.6 Å². The van der Waals surface area contributed by atoms with Crippen LogP contribution in [0.1, 0.15) is 26.3 Å². The van der Waals surface area contributed by atoms with Crippen molar-refractivity contribution in [1.29, 1.82) is 0 Å². The van der Waals surface area contributed by atoms with Crippen LogP contribution < -0.4 is 14.8 Å². The van der Waals surface area contributed by atoms with E-state index in [1.54, 1.807) is 19.1 Å². The average Bonchev–Trinajstić information content (AvgIpc) is 2.55. The molecule has 1 N–H and O–H groups in total. The molecule has 0 heterocycles. The highest BCUT2D eigenvalue weighted by molar-refractivity contribution is 6.32. The number of benzene rings is 1. The van der Waals surface area contributed by atoms with E-state index in [4.69, 9.17) is 25.8 Å². The minimum Gasteiger partial charge on any atom is -0.493 e. The number of ether oxygens (including phenoxy) is 3. The number of esters is 1. The lowest BCUT2D eigenvalue weighted by atomic mass is 10.2. The van der Waals surface area contributed by atoms with Gasteiger partial charge in [0.25, 0.3) is 5.91 Å². The zero-order valence-electron chi connectivity index (χ0n) is 14.2. The second-order valence-corrected chi connectivity index (χ2v) is 5.18. The van der Waals surface area contributed by atoms with Crippen LogP contribution in [0, 0.1) is 0 Å². The van der Waals surface area contributed by atoms with Gasteiger partial charge in [0.1, 0.15) is 0 Å². The number of hydrogen-bond donors (Lipinski definition) is 1. The fraction of sp³-hybridized carbons (Fsp3) is 0.412. The number of hydrogen-bond acceptors (Lipinski definition) is 5. The monoisotopic (exact) mass is 355 g/mol. The third-order valence-corrected chi connectivity index (χ3v) is 3.25. The van der Waals surface area contributed by atoms with Gasteiger partial charge in [0, 0.05) is 12.6 Å². The second kappa shape index (κ2) is 9.82. The van der Waals surface area contributed by atoms with Crippen molar-refractivity contribution in [2.75, 3.05) is 20.3 Å². The SMILES string of the molecule is CCNC(=O)[C@@H](C)OC(=O)/C=C/c1cc(Cl)c(OCC)c(OC)c1. The Hall–Kier alpha value is -2.21. The standard InChI is InChI=1S/C17H22ClNO5/c1-5-19-17(21)11(3)24-15(20)8-7-12-9-13(18)16(23-6-2)14(10-12)22-4/h7-11H,5-6H2,1-4H3,(H,19,21)/b8-7+/t11-/m1/s1. The molecule has 0 aliphatic rings. The molecule has 0 aliphatic carbocycles. The molecule has 1 amide bonds. The summed E-state index contributed by atoms with van der Waals surface area (Å²) in [4.78, 5) is 23.3. The minimum atomic E-state index is -0.861. The van der Waals surface area contributed by atoms with Gasteiger partial charge in [-0.25, -0.2) is 4.79 Å². The summed E-state index contributed by atoms with van der Waals surface area (Å²) >= 11 is 6.16. The number of amides is 1. The molecule has 0 fully saturated rings. The van der Waals surface area contributed by atoms with Gasteiger partial charge in [-0.15, -0.1) is 0 Å². The third-order valence-electron chi connectivity index (χ3n) is 2.97. The molecule has 0 aliphatic heterocycles. The summed E-state index contributed by atoms with van der Waals surface area (Å²) < 4.78 is 15.7. The zero-order chi connectivity index (χ0) is 18.1. The number of likely N-dealkylation sites (N-methyl/N-ethyl adjacent to an activating group) is 1. The lowest BCUT2D eigenvalue weighted by Gasteiger charge is -2.12. The summed E-state index contributed by atoms with van der Waals surface area (Å²) in [5.41, 5.74) is 0.642. The molecule has 24 heavy (non-hydrogen) atoms. The van der Waals surface area contributed by atoms with Crippen molar-refractivity contribution in [3.63, 3.8) is 0 Å². The molecule has 0 radical (unpaired) electrons. The lowest BCUT2D eigenvalue weighted by molar-refractivity contribution is -0.150.